The van der Waals surface area contributed by atoms with Crippen molar-refractivity contribution in [3.63, 3.8) is 0 Å². The van der Waals surface area contributed by atoms with Gasteiger partial charge in [-0.25, -0.2) is 4.79 Å². The van der Waals surface area contributed by atoms with Crippen molar-refractivity contribution in [2.75, 3.05) is 0 Å². The van der Waals surface area contributed by atoms with Crippen LogP contribution in [-0.2, 0) is 4.79 Å². The molecule has 0 saturated carbocycles. The molecule has 104 valence electrons. The first-order chi connectivity index (χ1) is 9.45. The minimum atomic E-state index is -0.981. The quantitative estimate of drug-likeness (QED) is 0.564. The lowest BCUT2D eigenvalue weighted by Crippen LogP contribution is -1.82. The molecule has 20 heavy (non-hydrogen) atoms. The highest BCUT2D eigenvalue weighted by Gasteiger charge is 2.08. The number of carbonyl (C=O) groups is 1. The smallest absolute Gasteiger partial charge is 0.327 e. The molecule has 0 aromatic heterocycles. The Morgan fingerprint density at radius 3 is 1.90 bits per heavy atom. The Bertz CT molecular complexity index is 587. The number of rotatable bonds is 2. The average Bonchev–Trinajstić information content (AvgIpc) is 2.39. The van der Waals surface area contributed by atoms with Crippen LogP contribution in [0.3, 0.4) is 0 Å². The maximum Gasteiger partial charge on any atom is 0.327 e. The van der Waals surface area contributed by atoms with E-state index in [1.54, 1.807) is 0 Å². The summed E-state index contributed by atoms with van der Waals surface area (Å²) < 4.78 is 3.21. The van der Waals surface area contributed by atoms with Gasteiger partial charge in [-0.05, 0) is 17.7 Å². The second-order valence-electron chi connectivity index (χ2n) is 3.65. The minimum absolute atomic E-state index is 0.833. The third-order valence-corrected chi connectivity index (χ3v) is 3.95. The molecule has 5 heteroatoms. The van der Waals surface area contributed by atoms with E-state index in [-0.39, 0.29) is 0 Å². The van der Waals surface area contributed by atoms with Crippen LogP contribution in [0.1, 0.15) is 0 Å². The summed E-state index contributed by atoms with van der Waals surface area (Å²) in [4.78, 5) is 9.25. The van der Waals surface area contributed by atoms with Gasteiger partial charge in [0.1, 0.15) is 0 Å². The molecular formula is C15H11Br3O2. The van der Waals surface area contributed by atoms with Crippen molar-refractivity contribution in [2.45, 2.75) is 0 Å². The van der Waals surface area contributed by atoms with Crippen LogP contribution in [0.15, 0.2) is 68.5 Å². The Morgan fingerprint density at radius 1 is 1.05 bits per heavy atom. The fraction of sp³-hybridized carbons (Fsp3) is 0. The number of carboxylic acids is 1. The van der Waals surface area contributed by atoms with Crippen molar-refractivity contribution in [3.05, 3.63) is 68.5 Å². The van der Waals surface area contributed by atoms with Crippen LogP contribution < -0.4 is 0 Å². The van der Waals surface area contributed by atoms with E-state index >= 15 is 0 Å². The number of benzene rings is 2. The van der Waals surface area contributed by atoms with E-state index < -0.39 is 5.97 Å². The van der Waals surface area contributed by atoms with Gasteiger partial charge in [-0.15, -0.1) is 0 Å². The molecule has 0 aliphatic rings. The zero-order chi connectivity index (χ0) is 15.1. The van der Waals surface area contributed by atoms with Crippen LogP contribution in [0.5, 0.6) is 0 Å². The van der Waals surface area contributed by atoms with Crippen LogP contribution in [0.25, 0.3) is 11.1 Å². The molecule has 0 unspecified atom stereocenters. The molecule has 2 nitrogen and oxygen atoms in total. The van der Waals surface area contributed by atoms with E-state index in [9.17, 15) is 4.79 Å². The van der Waals surface area contributed by atoms with Gasteiger partial charge in [-0.3, -0.25) is 0 Å². The summed E-state index contributed by atoms with van der Waals surface area (Å²) in [6.07, 6.45) is 0.833. The molecule has 1 N–H and O–H groups in total. The second kappa shape index (κ2) is 8.39. The van der Waals surface area contributed by atoms with Crippen LogP contribution in [-0.4, -0.2) is 11.1 Å². The highest BCUT2D eigenvalue weighted by molar-refractivity contribution is 9.11. The molecule has 0 fully saturated rings. The average molecular weight is 463 g/mol. The molecule has 0 bridgehead atoms. The third-order valence-electron chi connectivity index (χ3n) is 2.24. The lowest BCUT2D eigenvalue weighted by molar-refractivity contribution is -0.131. The zero-order valence-electron chi connectivity index (χ0n) is 10.3. The first-order valence-electron chi connectivity index (χ1n) is 5.51. The van der Waals surface area contributed by atoms with E-state index in [4.69, 9.17) is 5.11 Å². The minimum Gasteiger partial charge on any atom is -0.478 e. The fourth-order valence-corrected chi connectivity index (χ4v) is 4.14. The van der Waals surface area contributed by atoms with Crippen molar-refractivity contribution in [3.8, 4) is 11.1 Å². The fourth-order valence-electron chi connectivity index (χ4n) is 1.42. The number of halogens is 3. The lowest BCUT2D eigenvalue weighted by Gasteiger charge is -2.08. The highest BCUT2D eigenvalue weighted by Crippen LogP contribution is 2.37. The molecule has 0 saturated heterocycles. The SMILES string of the molecule is Brc1cc(Br)c(-c2ccccc2)c(Br)c1.C=CC(=O)O. The van der Waals surface area contributed by atoms with Gasteiger partial charge in [-0.2, -0.15) is 0 Å². The molecule has 2 aromatic carbocycles. The summed E-state index contributed by atoms with van der Waals surface area (Å²) in [7, 11) is 0. The second-order valence-corrected chi connectivity index (χ2v) is 6.28. The van der Waals surface area contributed by atoms with E-state index in [2.05, 4.69) is 66.5 Å². The largest absolute Gasteiger partial charge is 0.478 e. The van der Waals surface area contributed by atoms with E-state index in [0.717, 1.165) is 19.5 Å². The summed E-state index contributed by atoms with van der Waals surface area (Å²) >= 11 is 10.6. The van der Waals surface area contributed by atoms with Crippen LogP contribution >= 0.6 is 47.8 Å². The number of hydrogen-bond acceptors (Lipinski definition) is 1. The summed E-state index contributed by atoms with van der Waals surface area (Å²) in [5, 5.41) is 7.60. The lowest BCUT2D eigenvalue weighted by atomic mass is 10.1. The van der Waals surface area contributed by atoms with E-state index in [0.29, 0.717) is 0 Å². The van der Waals surface area contributed by atoms with Gasteiger partial charge < -0.3 is 5.11 Å². The molecule has 2 aromatic rings. The normalized spacial score (nSPS) is 9.35. The molecule has 0 spiro atoms. The highest BCUT2D eigenvalue weighted by atomic mass is 79.9. The van der Waals surface area contributed by atoms with Gasteiger partial charge in [0.05, 0.1) is 0 Å². The summed E-state index contributed by atoms with van der Waals surface area (Å²) in [5.74, 6) is -0.981. The summed E-state index contributed by atoms with van der Waals surface area (Å²) in [5.41, 5.74) is 2.38. The van der Waals surface area contributed by atoms with Gasteiger partial charge in [0.25, 0.3) is 0 Å². The molecule has 2 rings (SSSR count). The molecule has 0 heterocycles. The van der Waals surface area contributed by atoms with Crippen molar-refractivity contribution < 1.29 is 9.90 Å². The van der Waals surface area contributed by atoms with Gasteiger partial charge in [0.15, 0.2) is 0 Å². The predicted octanol–water partition coefficient (Wildman–Crippen LogP) is 5.90. The van der Waals surface area contributed by atoms with E-state index in [1.807, 2.05) is 30.3 Å². The van der Waals surface area contributed by atoms with Crippen molar-refractivity contribution in [1.29, 1.82) is 0 Å². The van der Waals surface area contributed by atoms with Crippen molar-refractivity contribution in [2.24, 2.45) is 0 Å². The Balaban J connectivity index is 0.000000347. The van der Waals surface area contributed by atoms with Crippen molar-refractivity contribution in [1.82, 2.24) is 0 Å². The molecule has 0 atom stereocenters. The molecule has 0 radical (unpaired) electrons. The van der Waals surface area contributed by atoms with Gasteiger partial charge in [-0.1, -0.05) is 84.7 Å². The van der Waals surface area contributed by atoms with Crippen LogP contribution in [0.2, 0.25) is 0 Å². The van der Waals surface area contributed by atoms with Crippen LogP contribution in [0, 0.1) is 0 Å². The first kappa shape index (κ1) is 17.1. The maximum absolute atomic E-state index is 9.25. The maximum atomic E-state index is 9.25. The van der Waals surface area contributed by atoms with Crippen molar-refractivity contribution >= 4 is 53.8 Å². The first-order valence-corrected chi connectivity index (χ1v) is 7.89. The molecular weight excluding hydrogens is 452 g/mol. The Kier molecular flexibility index (Phi) is 7.19. The topological polar surface area (TPSA) is 37.3 Å². The monoisotopic (exact) mass is 460 g/mol. The Morgan fingerprint density at radius 2 is 1.50 bits per heavy atom. The predicted molar refractivity (Wildman–Crippen MR) is 92.8 cm³/mol. The van der Waals surface area contributed by atoms with Gasteiger partial charge >= 0.3 is 5.97 Å². The van der Waals surface area contributed by atoms with Crippen LogP contribution in [0.4, 0.5) is 0 Å². The molecule has 0 aliphatic carbocycles. The van der Waals surface area contributed by atoms with Gasteiger partial charge in [0.2, 0.25) is 0 Å². The van der Waals surface area contributed by atoms with E-state index in [1.165, 1.54) is 11.1 Å². The summed E-state index contributed by atoms with van der Waals surface area (Å²) in [6.45, 7) is 2.96. The molecule has 0 aliphatic heterocycles. The molecule has 0 amide bonds. The Labute approximate surface area is 142 Å². The Hall–Kier alpha value is -0.910. The number of hydrogen-bond donors (Lipinski definition) is 1. The standard InChI is InChI=1S/C12H7Br3.C3H4O2/c13-9-6-10(14)12(11(15)7-9)8-4-2-1-3-5-8;1-2-3(4)5/h1-7H;2H,1H2,(H,4,5). The number of aliphatic carboxylic acids is 1. The zero-order valence-corrected chi connectivity index (χ0v) is 15.1. The van der Waals surface area contributed by atoms with Gasteiger partial charge in [0, 0.05) is 25.1 Å². The third kappa shape index (κ3) is 5.23. The summed E-state index contributed by atoms with van der Waals surface area (Å²) in [6, 6.07) is 14.4. The number of carboxylic acid groups (broad SMARTS) is 1.